The van der Waals surface area contributed by atoms with Gasteiger partial charge in [0.1, 0.15) is 6.61 Å². The molecule has 18 heavy (non-hydrogen) atoms. The Kier molecular flexibility index (Phi) is 3.97. The van der Waals surface area contributed by atoms with Crippen LogP contribution < -0.4 is 0 Å². The van der Waals surface area contributed by atoms with Gasteiger partial charge in [-0.2, -0.15) is 0 Å². The molecule has 1 aliphatic heterocycles. The van der Waals surface area contributed by atoms with E-state index >= 15 is 0 Å². The first kappa shape index (κ1) is 13.8. The van der Waals surface area contributed by atoms with Gasteiger partial charge in [-0.1, -0.05) is 26.7 Å². The number of carbonyl (C=O) groups is 1. The highest BCUT2D eigenvalue weighted by atomic mass is 16.5. The summed E-state index contributed by atoms with van der Waals surface area (Å²) in [5.74, 6) is 0.660. The zero-order valence-corrected chi connectivity index (χ0v) is 11.7. The molecule has 0 amide bonds. The van der Waals surface area contributed by atoms with Crippen LogP contribution >= 0.6 is 0 Å². The zero-order chi connectivity index (χ0) is 13.3. The monoisotopic (exact) mass is 255 g/mol. The molecule has 104 valence electrons. The second kappa shape index (κ2) is 5.17. The molecule has 0 radical (unpaired) electrons. The molecule has 2 fully saturated rings. The van der Waals surface area contributed by atoms with Gasteiger partial charge in [0.05, 0.1) is 5.60 Å². The number of hydrogen-bond acceptors (Lipinski definition) is 3. The Balaban J connectivity index is 1.82. The molecule has 1 saturated heterocycles. The van der Waals surface area contributed by atoms with E-state index in [1.54, 1.807) is 0 Å². The van der Waals surface area contributed by atoms with Crippen molar-refractivity contribution < 1.29 is 14.6 Å². The van der Waals surface area contributed by atoms with Crippen molar-refractivity contribution in [1.82, 2.24) is 4.90 Å². The quantitative estimate of drug-likeness (QED) is 0.834. The molecule has 0 aromatic rings. The number of hydrogen-bond donors (Lipinski definition) is 1. The number of likely N-dealkylation sites (tertiary alicyclic amines) is 1. The Hall–Kier alpha value is -0.610. The average molecular weight is 255 g/mol. The summed E-state index contributed by atoms with van der Waals surface area (Å²) in [4.78, 5) is 13.0. The normalized spacial score (nSPS) is 36.1. The first-order valence-corrected chi connectivity index (χ1v) is 7.01. The van der Waals surface area contributed by atoms with Gasteiger partial charge in [0.15, 0.2) is 0 Å². The molecular weight excluding hydrogens is 230 g/mol. The summed E-state index contributed by atoms with van der Waals surface area (Å²) in [6.45, 7) is 8.29. The van der Waals surface area contributed by atoms with Gasteiger partial charge in [0, 0.05) is 19.1 Å². The van der Waals surface area contributed by atoms with Gasteiger partial charge in [-0.15, -0.1) is 0 Å². The van der Waals surface area contributed by atoms with Crippen LogP contribution in [0.2, 0.25) is 0 Å². The first-order chi connectivity index (χ1) is 8.41. The largest absolute Gasteiger partial charge is 0.480 e. The summed E-state index contributed by atoms with van der Waals surface area (Å²) >= 11 is 0. The topological polar surface area (TPSA) is 49.8 Å². The summed E-state index contributed by atoms with van der Waals surface area (Å²) in [6.07, 6.45) is 3.94. The highest BCUT2D eigenvalue weighted by molar-refractivity contribution is 5.68. The number of carboxylic acids is 1. The van der Waals surface area contributed by atoms with Crippen LogP contribution in [0.15, 0.2) is 0 Å². The third kappa shape index (κ3) is 2.86. The van der Waals surface area contributed by atoms with Gasteiger partial charge < -0.3 is 9.84 Å². The highest BCUT2D eigenvalue weighted by Gasteiger charge is 2.45. The van der Waals surface area contributed by atoms with Crippen molar-refractivity contribution in [3.63, 3.8) is 0 Å². The van der Waals surface area contributed by atoms with Crippen LogP contribution in [-0.2, 0) is 9.53 Å². The molecule has 1 N–H and O–H groups in total. The Morgan fingerprint density at radius 2 is 2.06 bits per heavy atom. The maximum atomic E-state index is 10.5. The molecule has 0 aromatic heterocycles. The van der Waals surface area contributed by atoms with E-state index in [0.717, 1.165) is 24.9 Å². The molecular formula is C14H25NO3. The maximum Gasteiger partial charge on any atom is 0.329 e. The van der Waals surface area contributed by atoms with E-state index in [1.807, 2.05) is 6.92 Å². The Morgan fingerprint density at radius 1 is 1.39 bits per heavy atom. The molecule has 0 aromatic carbocycles. The van der Waals surface area contributed by atoms with Gasteiger partial charge in [-0.25, -0.2) is 4.79 Å². The predicted octanol–water partition coefficient (Wildman–Crippen LogP) is 1.99. The maximum absolute atomic E-state index is 10.5. The first-order valence-electron chi connectivity index (χ1n) is 7.01. The molecule has 3 atom stereocenters. The minimum atomic E-state index is -0.880. The highest BCUT2D eigenvalue weighted by Crippen LogP contribution is 2.37. The molecule has 1 saturated carbocycles. The molecule has 2 aliphatic rings. The molecule has 3 unspecified atom stereocenters. The third-order valence-electron chi connectivity index (χ3n) is 4.75. The lowest BCUT2D eigenvalue weighted by Gasteiger charge is -2.54. The fraction of sp³-hybridized carbons (Fsp3) is 0.929. The fourth-order valence-electron chi connectivity index (χ4n) is 3.44. The molecule has 0 spiro atoms. The lowest BCUT2D eigenvalue weighted by Crippen LogP contribution is -2.66. The van der Waals surface area contributed by atoms with Crippen LogP contribution in [0.25, 0.3) is 0 Å². The lowest BCUT2D eigenvalue weighted by molar-refractivity contribution is -0.174. The van der Waals surface area contributed by atoms with Crippen molar-refractivity contribution >= 4 is 5.97 Å². The summed E-state index contributed by atoms with van der Waals surface area (Å²) in [6, 6.07) is 0.662. The Bertz CT molecular complexity index is 312. The lowest BCUT2D eigenvalue weighted by atomic mass is 9.75. The van der Waals surface area contributed by atoms with Crippen LogP contribution in [-0.4, -0.2) is 47.3 Å². The van der Waals surface area contributed by atoms with E-state index in [0.29, 0.717) is 6.04 Å². The smallest absolute Gasteiger partial charge is 0.329 e. The Labute approximate surface area is 109 Å². The van der Waals surface area contributed by atoms with Crippen molar-refractivity contribution in [3.05, 3.63) is 0 Å². The number of nitrogens with zero attached hydrogens (tertiary/aromatic N) is 1. The van der Waals surface area contributed by atoms with Crippen molar-refractivity contribution in [1.29, 1.82) is 0 Å². The summed E-state index contributed by atoms with van der Waals surface area (Å²) < 4.78 is 5.47. The van der Waals surface area contributed by atoms with E-state index in [4.69, 9.17) is 9.84 Å². The average Bonchev–Trinajstić information content (AvgIpc) is 2.27. The molecule has 4 heteroatoms. The molecule has 0 bridgehead atoms. The Morgan fingerprint density at radius 3 is 2.67 bits per heavy atom. The van der Waals surface area contributed by atoms with Crippen molar-refractivity contribution in [2.45, 2.75) is 51.7 Å². The van der Waals surface area contributed by atoms with E-state index in [2.05, 4.69) is 18.7 Å². The van der Waals surface area contributed by atoms with Crippen molar-refractivity contribution in [2.75, 3.05) is 19.7 Å². The van der Waals surface area contributed by atoms with Gasteiger partial charge in [0.2, 0.25) is 0 Å². The van der Waals surface area contributed by atoms with Crippen LogP contribution in [0.3, 0.4) is 0 Å². The minimum Gasteiger partial charge on any atom is -0.480 e. The predicted molar refractivity (Wildman–Crippen MR) is 69.5 cm³/mol. The minimum absolute atomic E-state index is 0.180. The van der Waals surface area contributed by atoms with Gasteiger partial charge >= 0.3 is 5.97 Å². The molecule has 1 heterocycles. The van der Waals surface area contributed by atoms with Gasteiger partial charge in [0.25, 0.3) is 0 Å². The van der Waals surface area contributed by atoms with Crippen LogP contribution in [0.1, 0.15) is 40.0 Å². The van der Waals surface area contributed by atoms with Gasteiger partial charge in [-0.3, -0.25) is 4.90 Å². The molecule has 2 rings (SSSR count). The number of ether oxygens (including phenoxy) is 1. The van der Waals surface area contributed by atoms with Crippen molar-refractivity contribution in [2.24, 2.45) is 11.8 Å². The standard InChI is InChI=1S/C14H25NO3/c1-10-5-4-6-12(11(10)2)15-8-14(3,9-15)18-7-13(16)17/h10-12H,4-9H2,1-3H3,(H,16,17). The van der Waals surface area contributed by atoms with Gasteiger partial charge in [-0.05, 0) is 25.2 Å². The fourth-order valence-corrected chi connectivity index (χ4v) is 3.44. The second-order valence-corrected chi connectivity index (χ2v) is 6.37. The summed E-state index contributed by atoms with van der Waals surface area (Å²) in [5, 5.41) is 8.65. The number of rotatable bonds is 4. The molecule has 4 nitrogen and oxygen atoms in total. The zero-order valence-electron chi connectivity index (χ0n) is 11.7. The van der Waals surface area contributed by atoms with E-state index in [9.17, 15) is 4.79 Å². The summed E-state index contributed by atoms with van der Waals surface area (Å²) in [5.41, 5.74) is -0.251. The second-order valence-electron chi connectivity index (χ2n) is 6.37. The third-order valence-corrected chi connectivity index (χ3v) is 4.75. The SMILES string of the molecule is CC1CCCC(N2CC(C)(OCC(=O)O)C2)C1C. The number of aliphatic carboxylic acids is 1. The summed E-state index contributed by atoms with van der Waals surface area (Å²) in [7, 11) is 0. The van der Waals surface area contributed by atoms with Crippen molar-refractivity contribution in [3.8, 4) is 0 Å². The number of carboxylic acid groups (broad SMARTS) is 1. The van der Waals surface area contributed by atoms with Crippen LogP contribution in [0.5, 0.6) is 0 Å². The van der Waals surface area contributed by atoms with Crippen LogP contribution in [0, 0.1) is 11.8 Å². The van der Waals surface area contributed by atoms with E-state index in [-0.39, 0.29) is 12.2 Å². The van der Waals surface area contributed by atoms with E-state index < -0.39 is 5.97 Å². The van der Waals surface area contributed by atoms with E-state index in [1.165, 1.54) is 19.3 Å². The molecule has 1 aliphatic carbocycles. The van der Waals surface area contributed by atoms with Crippen LogP contribution in [0.4, 0.5) is 0 Å².